The fraction of sp³-hybridized carbons (Fsp3) is 0.160. The third kappa shape index (κ3) is 3.69. The molecule has 2 aliphatic heterocycles. The second-order valence-electron chi connectivity index (χ2n) is 7.49. The van der Waals surface area contributed by atoms with Gasteiger partial charge in [-0.05, 0) is 30.7 Å². The zero-order valence-corrected chi connectivity index (χ0v) is 18.1. The summed E-state index contributed by atoms with van der Waals surface area (Å²) in [6, 6.07) is 17.6. The van der Waals surface area contributed by atoms with Gasteiger partial charge in [0.05, 0.1) is 26.5 Å². The Hall–Kier alpha value is -4.13. The number of imidazole rings is 1. The molecule has 1 aromatic heterocycles. The van der Waals surface area contributed by atoms with Gasteiger partial charge in [-0.15, -0.1) is 0 Å². The van der Waals surface area contributed by atoms with E-state index in [0.29, 0.717) is 18.0 Å². The minimum Gasteiger partial charge on any atom is -0.497 e. The van der Waals surface area contributed by atoms with Gasteiger partial charge in [-0.1, -0.05) is 29.4 Å². The van der Waals surface area contributed by atoms with Crippen LogP contribution in [0.5, 0.6) is 11.5 Å². The summed E-state index contributed by atoms with van der Waals surface area (Å²) in [5.41, 5.74) is 5.44. The van der Waals surface area contributed by atoms with Gasteiger partial charge in [0, 0.05) is 35.7 Å². The first kappa shape index (κ1) is 19.8. The molecule has 7 nitrogen and oxygen atoms in total. The SMILES string of the molecule is COc1ccc(-c2cc(Cn3ccc4nc(-c5ccccc5C)nc-4c3)on2)c(OC)c1. The van der Waals surface area contributed by atoms with E-state index >= 15 is 0 Å². The Morgan fingerprint density at radius 3 is 2.53 bits per heavy atom. The first-order valence-electron chi connectivity index (χ1n) is 10.2. The average Bonchev–Trinajstić information content (AvgIpc) is 3.45. The lowest BCUT2D eigenvalue weighted by molar-refractivity contribution is 0.376. The predicted octanol–water partition coefficient (Wildman–Crippen LogP) is 5.08. The van der Waals surface area contributed by atoms with Crippen molar-refractivity contribution in [3.05, 3.63) is 78.3 Å². The zero-order chi connectivity index (χ0) is 22.1. The molecule has 0 amide bonds. The van der Waals surface area contributed by atoms with Crippen molar-refractivity contribution in [2.75, 3.05) is 14.2 Å². The van der Waals surface area contributed by atoms with Crippen molar-refractivity contribution in [2.45, 2.75) is 13.5 Å². The molecule has 0 fully saturated rings. The Labute approximate surface area is 185 Å². The van der Waals surface area contributed by atoms with Crippen LogP contribution in [-0.2, 0) is 6.54 Å². The van der Waals surface area contributed by atoms with Crippen LogP contribution in [0.4, 0.5) is 0 Å². The molecule has 5 rings (SSSR count). The van der Waals surface area contributed by atoms with Crippen LogP contribution in [0.1, 0.15) is 11.3 Å². The van der Waals surface area contributed by atoms with Gasteiger partial charge in [0.1, 0.15) is 22.9 Å². The number of aryl methyl sites for hydroxylation is 1. The van der Waals surface area contributed by atoms with Crippen LogP contribution >= 0.6 is 0 Å². The highest BCUT2D eigenvalue weighted by molar-refractivity contribution is 5.69. The number of hydrogen-bond donors (Lipinski definition) is 0. The summed E-state index contributed by atoms with van der Waals surface area (Å²) in [6.07, 6.45) is 3.94. The Balaban J connectivity index is 1.41. The average molecular weight is 426 g/mol. The second kappa shape index (κ2) is 8.19. The number of aromatic nitrogens is 4. The van der Waals surface area contributed by atoms with Crippen molar-refractivity contribution >= 4 is 0 Å². The fourth-order valence-electron chi connectivity index (χ4n) is 3.70. The molecule has 0 atom stereocenters. The minimum atomic E-state index is 0.522. The monoisotopic (exact) mass is 426 g/mol. The number of benzene rings is 2. The molecule has 3 heterocycles. The first-order valence-corrected chi connectivity index (χ1v) is 10.2. The van der Waals surface area contributed by atoms with Gasteiger partial charge in [0.25, 0.3) is 0 Å². The Morgan fingerprint density at radius 1 is 0.875 bits per heavy atom. The topological polar surface area (TPSA) is 75.2 Å². The van der Waals surface area contributed by atoms with E-state index in [1.54, 1.807) is 14.2 Å². The van der Waals surface area contributed by atoms with Crippen LogP contribution in [0, 0.1) is 6.92 Å². The molecule has 32 heavy (non-hydrogen) atoms. The van der Waals surface area contributed by atoms with Crippen LogP contribution in [0.2, 0.25) is 0 Å². The van der Waals surface area contributed by atoms with Crippen molar-refractivity contribution in [2.24, 2.45) is 0 Å². The van der Waals surface area contributed by atoms with E-state index in [4.69, 9.17) is 19.0 Å². The summed E-state index contributed by atoms with van der Waals surface area (Å²) in [6.45, 7) is 2.59. The molecule has 0 spiro atoms. The molecule has 0 saturated heterocycles. The smallest absolute Gasteiger partial charge is 0.160 e. The molecular formula is C25H22N4O3. The molecule has 0 bridgehead atoms. The van der Waals surface area contributed by atoms with Gasteiger partial charge in [0.15, 0.2) is 11.6 Å². The van der Waals surface area contributed by atoms with Crippen LogP contribution in [0.15, 0.2) is 71.5 Å². The van der Waals surface area contributed by atoms with E-state index in [-0.39, 0.29) is 0 Å². The highest BCUT2D eigenvalue weighted by atomic mass is 16.5. The number of hydrogen-bond acceptors (Lipinski definition) is 6. The van der Waals surface area contributed by atoms with Gasteiger partial charge in [-0.3, -0.25) is 0 Å². The lowest BCUT2D eigenvalue weighted by Crippen LogP contribution is -1.99. The quantitative estimate of drug-likeness (QED) is 0.377. The van der Waals surface area contributed by atoms with Crippen molar-refractivity contribution in [1.82, 2.24) is 19.7 Å². The number of nitrogens with zero attached hydrogens (tertiary/aromatic N) is 4. The first-order chi connectivity index (χ1) is 15.6. The van der Waals surface area contributed by atoms with E-state index in [1.807, 2.05) is 65.5 Å². The van der Waals surface area contributed by atoms with Crippen molar-refractivity contribution in [1.29, 1.82) is 0 Å². The molecular weight excluding hydrogens is 404 g/mol. The maximum atomic E-state index is 5.59. The Bertz CT molecular complexity index is 1350. The van der Waals surface area contributed by atoms with Crippen molar-refractivity contribution < 1.29 is 14.0 Å². The minimum absolute atomic E-state index is 0.522. The number of fused-ring (bicyclic) bond motifs is 1. The zero-order valence-electron chi connectivity index (χ0n) is 18.1. The van der Waals surface area contributed by atoms with Gasteiger partial charge >= 0.3 is 0 Å². The Morgan fingerprint density at radius 2 is 1.72 bits per heavy atom. The van der Waals surface area contributed by atoms with Crippen LogP contribution in [-0.4, -0.2) is 33.9 Å². The molecule has 7 heteroatoms. The number of rotatable bonds is 6. The summed E-state index contributed by atoms with van der Waals surface area (Å²) >= 11 is 0. The van der Waals surface area contributed by atoms with Crippen molar-refractivity contribution in [3.8, 4) is 45.5 Å². The number of ether oxygens (including phenoxy) is 2. The standard InChI is InChI=1S/C25H22N4O3/c1-16-6-4-5-7-19(16)25-26-21-10-11-29(15-23(21)27-25)14-18-12-22(28-32-18)20-9-8-17(30-2)13-24(20)31-3/h4-13,15H,14H2,1-3H3. The number of methoxy groups -OCH3 is 2. The van der Waals surface area contributed by atoms with Gasteiger partial charge < -0.3 is 18.6 Å². The largest absolute Gasteiger partial charge is 0.497 e. The summed E-state index contributed by atoms with van der Waals surface area (Å²) < 4.78 is 18.3. The molecule has 160 valence electrons. The molecule has 0 unspecified atom stereocenters. The van der Waals surface area contributed by atoms with Crippen LogP contribution < -0.4 is 9.47 Å². The maximum absolute atomic E-state index is 5.59. The second-order valence-corrected chi connectivity index (χ2v) is 7.49. The van der Waals surface area contributed by atoms with Gasteiger partial charge in [-0.2, -0.15) is 0 Å². The van der Waals surface area contributed by atoms with E-state index in [0.717, 1.165) is 45.4 Å². The molecule has 2 aliphatic rings. The normalized spacial score (nSPS) is 11.1. The van der Waals surface area contributed by atoms with Crippen LogP contribution in [0.3, 0.4) is 0 Å². The van der Waals surface area contributed by atoms with E-state index in [9.17, 15) is 0 Å². The van der Waals surface area contributed by atoms with E-state index < -0.39 is 0 Å². The lowest BCUT2D eigenvalue weighted by atomic mass is 10.1. The molecule has 0 radical (unpaired) electrons. The predicted molar refractivity (Wildman–Crippen MR) is 121 cm³/mol. The molecule has 3 aromatic rings. The van der Waals surface area contributed by atoms with Crippen LogP contribution in [0.25, 0.3) is 34.0 Å². The highest BCUT2D eigenvalue weighted by Gasteiger charge is 2.16. The summed E-state index contributed by atoms with van der Waals surface area (Å²) in [7, 11) is 3.24. The van der Waals surface area contributed by atoms with E-state index in [2.05, 4.69) is 23.1 Å². The summed E-state index contributed by atoms with van der Waals surface area (Å²) in [5, 5.41) is 4.23. The van der Waals surface area contributed by atoms with E-state index in [1.165, 1.54) is 0 Å². The van der Waals surface area contributed by atoms with Gasteiger partial charge in [0.2, 0.25) is 0 Å². The highest BCUT2D eigenvalue weighted by Crippen LogP contribution is 2.33. The fourth-order valence-corrected chi connectivity index (χ4v) is 3.70. The molecule has 0 N–H and O–H groups in total. The number of pyridine rings is 1. The molecule has 0 aliphatic carbocycles. The van der Waals surface area contributed by atoms with Crippen molar-refractivity contribution in [3.63, 3.8) is 0 Å². The summed E-state index contributed by atoms with van der Waals surface area (Å²) in [5.74, 6) is 2.86. The van der Waals surface area contributed by atoms with Gasteiger partial charge in [-0.25, -0.2) is 9.97 Å². The molecule has 0 saturated carbocycles. The maximum Gasteiger partial charge on any atom is 0.160 e. The third-order valence-electron chi connectivity index (χ3n) is 5.40. The Kier molecular flexibility index (Phi) is 5.07. The summed E-state index contributed by atoms with van der Waals surface area (Å²) in [4.78, 5) is 9.42. The third-order valence-corrected chi connectivity index (χ3v) is 5.40. The lowest BCUT2D eigenvalue weighted by Gasteiger charge is -2.07. The molecule has 2 aromatic carbocycles.